The van der Waals surface area contributed by atoms with E-state index in [2.05, 4.69) is 29.6 Å². The monoisotopic (exact) mass is 468 g/mol. The molecule has 0 unspecified atom stereocenters. The smallest absolute Gasteiger partial charge is 0.183 e. The average Bonchev–Trinajstić information content (AvgIpc) is 3.17. The molecule has 3 aromatic rings. The first-order valence-corrected chi connectivity index (χ1v) is 11.9. The number of halogens is 3. The highest BCUT2D eigenvalue weighted by molar-refractivity contribution is 7.97. The second-order valence-corrected chi connectivity index (χ2v) is 9.14. The Kier molecular flexibility index (Phi) is 7.30. The maximum absolute atomic E-state index is 14.4. The van der Waals surface area contributed by atoms with E-state index in [0.717, 1.165) is 36.1 Å². The molecular formula is C20H23Cl2FN6S. The van der Waals surface area contributed by atoms with E-state index in [1.54, 1.807) is 18.5 Å². The first-order chi connectivity index (χ1) is 14.7. The van der Waals surface area contributed by atoms with Crippen LogP contribution in [0.4, 0.5) is 10.2 Å². The number of piperidine rings is 1. The second-order valence-electron chi connectivity index (χ2n) is 7.19. The molecule has 0 bridgehead atoms. The summed E-state index contributed by atoms with van der Waals surface area (Å²) in [4.78, 5) is 16.0. The number of fused-ring (bicyclic) bond motifs is 1. The summed E-state index contributed by atoms with van der Waals surface area (Å²) in [5.41, 5.74) is 1.42. The van der Waals surface area contributed by atoms with Crippen LogP contribution in [0.25, 0.3) is 22.4 Å². The van der Waals surface area contributed by atoms with Gasteiger partial charge in [-0.05, 0) is 25.3 Å². The molecule has 0 spiro atoms. The van der Waals surface area contributed by atoms with E-state index in [4.69, 9.17) is 23.2 Å². The van der Waals surface area contributed by atoms with E-state index >= 15 is 0 Å². The Balaban J connectivity index is 1.50. The number of hydrogen-bond acceptors (Lipinski definition) is 6. The number of aromatic amines is 1. The first kappa shape index (κ1) is 21.6. The van der Waals surface area contributed by atoms with Crippen LogP contribution in [0, 0.1) is 5.82 Å². The summed E-state index contributed by atoms with van der Waals surface area (Å²) in [6.45, 7) is 1.67. The van der Waals surface area contributed by atoms with Crippen LogP contribution in [-0.4, -0.2) is 55.0 Å². The van der Waals surface area contributed by atoms with Gasteiger partial charge >= 0.3 is 0 Å². The number of H-pyrrole nitrogens is 1. The maximum atomic E-state index is 14.4. The van der Waals surface area contributed by atoms with Gasteiger partial charge in [0, 0.05) is 54.1 Å². The average molecular weight is 469 g/mol. The summed E-state index contributed by atoms with van der Waals surface area (Å²) in [7, 11) is 0. The minimum absolute atomic E-state index is 0.209. The molecule has 4 heterocycles. The molecule has 6 nitrogen and oxygen atoms in total. The molecule has 30 heavy (non-hydrogen) atoms. The van der Waals surface area contributed by atoms with Gasteiger partial charge in [-0.15, -0.1) is 11.6 Å². The summed E-state index contributed by atoms with van der Waals surface area (Å²) in [5.74, 6) is 1.84. The number of rotatable bonds is 8. The third kappa shape index (κ3) is 4.99. The third-order valence-electron chi connectivity index (χ3n) is 5.10. The number of pyridine rings is 1. The van der Waals surface area contributed by atoms with Crippen molar-refractivity contribution in [2.45, 2.75) is 31.7 Å². The fraction of sp³-hybridized carbons (Fsp3) is 0.450. The van der Waals surface area contributed by atoms with Crippen molar-refractivity contribution in [1.29, 1.82) is 0 Å². The van der Waals surface area contributed by atoms with Gasteiger partial charge in [0.1, 0.15) is 5.65 Å². The standard InChI is InChI=1S/C20H23Cl2FN6S/c21-5-3-7-30-29-6-2-1-4-14(29)10-25-20-17(23)12-27-19(28-20)16-11-26-18-15(16)8-13(22)9-24-18/h8-9,11-12,14H,1-7,10H2,(H,24,26)(H,25,27,28)/t14-/m1/s1. The van der Waals surface area contributed by atoms with Gasteiger partial charge in [0.05, 0.1) is 11.2 Å². The van der Waals surface area contributed by atoms with Crippen LogP contribution in [0.5, 0.6) is 0 Å². The number of anilines is 1. The van der Waals surface area contributed by atoms with Gasteiger partial charge in [0.25, 0.3) is 0 Å². The molecule has 0 saturated carbocycles. The molecule has 1 saturated heterocycles. The van der Waals surface area contributed by atoms with E-state index in [1.807, 2.05) is 11.9 Å². The number of nitrogens with zero attached hydrogens (tertiary/aromatic N) is 4. The third-order valence-corrected chi connectivity index (χ3v) is 6.85. The van der Waals surface area contributed by atoms with Crippen molar-refractivity contribution in [3.05, 3.63) is 35.5 Å². The van der Waals surface area contributed by atoms with Gasteiger partial charge in [-0.25, -0.2) is 23.6 Å². The van der Waals surface area contributed by atoms with Crippen molar-refractivity contribution in [2.24, 2.45) is 0 Å². The van der Waals surface area contributed by atoms with Crippen LogP contribution in [0.15, 0.2) is 24.7 Å². The minimum Gasteiger partial charge on any atom is -0.366 e. The fourth-order valence-electron chi connectivity index (χ4n) is 3.58. The Morgan fingerprint density at radius 3 is 3.07 bits per heavy atom. The lowest BCUT2D eigenvalue weighted by Crippen LogP contribution is -2.39. The Bertz CT molecular complexity index is 1000. The molecule has 3 aromatic heterocycles. The topological polar surface area (TPSA) is 69.7 Å². The Morgan fingerprint density at radius 2 is 2.20 bits per heavy atom. The number of hydrogen-bond donors (Lipinski definition) is 2. The predicted molar refractivity (Wildman–Crippen MR) is 123 cm³/mol. The maximum Gasteiger partial charge on any atom is 0.183 e. The summed E-state index contributed by atoms with van der Waals surface area (Å²) >= 11 is 13.7. The molecule has 4 rings (SSSR count). The highest BCUT2D eigenvalue weighted by Crippen LogP contribution is 2.29. The quantitative estimate of drug-likeness (QED) is 0.263. The van der Waals surface area contributed by atoms with Crippen LogP contribution in [0.3, 0.4) is 0 Å². The van der Waals surface area contributed by atoms with Crippen LogP contribution in [0.2, 0.25) is 5.02 Å². The van der Waals surface area contributed by atoms with Gasteiger partial charge in [-0.1, -0.05) is 30.0 Å². The van der Waals surface area contributed by atoms with Crippen LogP contribution in [-0.2, 0) is 0 Å². The van der Waals surface area contributed by atoms with E-state index in [9.17, 15) is 4.39 Å². The van der Waals surface area contributed by atoms with E-state index < -0.39 is 5.82 Å². The molecule has 0 aliphatic carbocycles. The van der Waals surface area contributed by atoms with Crippen molar-refractivity contribution < 1.29 is 4.39 Å². The van der Waals surface area contributed by atoms with Crippen molar-refractivity contribution in [1.82, 2.24) is 24.2 Å². The summed E-state index contributed by atoms with van der Waals surface area (Å²) in [5, 5.41) is 4.53. The summed E-state index contributed by atoms with van der Waals surface area (Å²) in [6, 6.07) is 2.13. The SMILES string of the molecule is Fc1cnc(-c2c[nH]c3ncc(Cl)cc23)nc1NC[C@H]1CCCCN1SCCCCl. The van der Waals surface area contributed by atoms with Crippen LogP contribution in [0.1, 0.15) is 25.7 Å². The van der Waals surface area contributed by atoms with Gasteiger partial charge in [0.15, 0.2) is 17.5 Å². The molecule has 160 valence electrons. The minimum atomic E-state index is -0.466. The van der Waals surface area contributed by atoms with Gasteiger partial charge in [-0.3, -0.25) is 0 Å². The largest absolute Gasteiger partial charge is 0.366 e. The van der Waals surface area contributed by atoms with Crippen LogP contribution >= 0.6 is 35.1 Å². The fourth-order valence-corrected chi connectivity index (χ4v) is 5.19. The molecule has 1 aliphatic rings. The van der Waals surface area contributed by atoms with E-state index in [0.29, 0.717) is 35.0 Å². The van der Waals surface area contributed by atoms with Gasteiger partial charge < -0.3 is 10.3 Å². The molecule has 1 atom stereocenters. The van der Waals surface area contributed by atoms with E-state index in [1.165, 1.54) is 19.0 Å². The lowest BCUT2D eigenvalue weighted by Gasteiger charge is -2.34. The zero-order valence-electron chi connectivity index (χ0n) is 16.4. The summed E-state index contributed by atoms with van der Waals surface area (Å²) in [6.07, 6.45) is 8.97. The number of aromatic nitrogens is 4. The van der Waals surface area contributed by atoms with Gasteiger partial charge in [0.2, 0.25) is 0 Å². The van der Waals surface area contributed by atoms with E-state index in [-0.39, 0.29) is 5.82 Å². The number of nitrogens with one attached hydrogen (secondary N) is 2. The summed E-state index contributed by atoms with van der Waals surface area (Å²) < 4.78 is 16.8. The molecule has 0 amide bonds. The van der Waals surface area contributed by atoms with Crippen molar-refractivity contribution in [3.63, 3.8) is 0 Å². The lowest BCUT2D eigenvalue weighted by atomic mass is 10.1. The highest BCUT2D eigenvalue weighted by Gasteiger charge is 2.23. The number of alkyl halides is 1. The zero-order chi connectivity index (χ0) is 20.9. The zero-order valence-corrected chi connectivity index (χ0v) is 18.7. The molecule has 1 aliphatic heterocycles. The van der Waals surface area contributed by atoms with Crippen LogP contribution < -0.4 is 5.32 Å². The molecule has 2 N–H and O–H groups in total. The van der Waals surface area contributed by atoms with Crippen molar-refractivity contribution >= 4 is 52.0 Å². The lowest BCUT2D eigenvalue weighted by molar-refractivity contribution is 0.284. The van der Waals surface area contributed by atoms with Gasteiger partial charge in [-0.2, -0.15) is 0 Å². The highest BCUT2D eigenvalue weighted by atomic mass is 35.5. The molecule has 0 aromatic carbocycles. The Hall–Kier alpha value is -1.61. The molecule has 1 fully saturated rings. The Labute approximate surface area is 189 Å². The molecular weight excluding hydrogens is 446 g/mol. The molecule has 0 radical (unpaired) electrons. The van der Waals surface area contributed by atoms with Crippen molar-refractivity contribution in [2.75, 3.05) is 30.0 Å². The van der Waals surface area contributed by atoms with Crippen molar-refractivity contribution in [3.8, 4) is 11.4 Å². The normalized spacial score (nSPS) is 17.5. The predicted octanol–water partition coefficient (Wildman–Crippen LogP) is 5.36. The molecule has 10 heteroatoms. The first-order valence-electron chi connectivity index (χ1n) is 10.0. The Morgan fingerprint density at radius 1 is 1.30 bits per heavy atom. The second kappa shape index (κ2) is 10.1.